The van der Waals surface area contributed by atoms with Gasteiger partial charge in [-0.2, -0.15) is 0 Å². The quantitative estimate of drug-likeness (QED) is 0.622. The minimum absolute atomic E-state index is 0.545. The van der Waals surface area contributed by atoms with Gasteiger partial charge in [-0.05, 0) is 56.1 Å². The zero-order chi connectivity index (χ0) is 16.8. The maximum atomic E-state index is 6.03. The molecule has 1 atom stereocenters. The summed E-state index contributed by atoms with van der Waals surface area (Å²) >= 11 is 0. The van der Waals surface area contributed by atoms with E-state index in [2.05, 4.69) is 66.3 Å². The summed E-state index contributed by atoms with van der Waals surface area (Å²) in [5, 5.41) is 3.29. The lowest BCUT2D eigenvalue weighted by atomic mass is 10.1. The van der Waals surface area contributed by atoms with Crippen molar-refractivity contribution >= 4 is 11.6 Å². The molecule has 1 fully saturated rings. The van der Waals surface area contributed by atoms with E-state index in [9.17, 15) is 0 Å². The molecular formula is C18H31N5. The first-order chi connectivity index (χ1) is 11.0. The molecule has 128 valence electrons. The summed E-state index contributed by atoms with van der Waals surface area (Å²) in [6.45, 7) is 8.18. The van der Waals surface area contributed by atoms with Crippen LogP contribution < -0.4 is 16.0 Å². The van der Waals surface area contributed by atoms with Crippen LogP contribution in [0.15, 0.2) is 23.2 Å². The third-order valence-corrected chi connectivity index (χ3v) is 4.69. The van der Waals surface area contributed by atoms with Crippen LogP contribution in [0.2, 0.25) is 0 Å². The Bertz CT molecular complexity index is 538. The zero-order valence-electron chi connectivity index (χ0n) is 15.0. The molecule has 1 aromatic rings. The van der Waals surface area contributed by atoms with Crippen LogP contribution in [0.25, 0.3) is 0 Å². The number of likely N-dealkylation sites (tertiary alicyclic amines) is 1. The topological polar surface area (TPSA) is 56.9 Å². The van der Waals surface area contributed by atoms with Crippen LogP contribution in [0, 0.1) is 6.92 Å². The van der Waals surface area contributed by atoms with Crippen molar-refractivity contribution in [2.24, 2.45) is 10.7 Å². The molecular weight excluding hydrogens is 286 g/mol. The fraction of sp³-hybridized carbons (Fsp3) is 0.611. The molecule has 3 N–H and O–H groups in total. The van der Waals surface area contributed by atoms with Crippen LogP contribution in [0.5, 0.6) is 0 Å². The van der Waals surface area contributed by atoms with Crippen molar-refractivity contribution in [1.82, 2.24) is 10.2 Å². The Hall–Kier alpha value is -1.75. The molecule has 2 rings (SSSR count). The van der Waals surface area contributed by atoms with Gasteiger partial charge in [0, 0.05) is 32.4 Å². The number of aliphatic imine (C=N–C) groups is 1. The predicted molar refractivity (Wildman–Crippen MR) is 99.1 cm³/mol. The molecule has 0 amide bonds. The van der Waals surface area contributed by atoms with E-state index in [1.165, 1.54) is 36.2 Å². The van der Waals surface area contributed by atoms with Crippen LogP contribution in [0.3, 0.4) is 0 Å². The van der Waals surface area contributed by atoms with E-state index in [-0.39, 0.29) is 0 Å². The molecule has 0 radical (unpaired) electrons. The number of likely N-dealkylation sites (N-methyl/N-ethyl adjacent to an activating group) is 1. The highest BCUT2D eigenvalue weighted by Crippen LogP contribution is 2.18. The Morgan fingerprint density at radius 1 is 1.43 bits per heavy atom. The van der Waals surface area contributed by atoms with E-state index in [4.69, 9.17) is 5.73 Å². The standard InChI is InChI=1S/C18H31N5/c1-5-23-10-6-7-17(23)13-21-18(19)20-12-15-8-9-16(22(3)4)11-14(15)2/h8-9,11,17H,5-7,10,12-13H2,1-4H3,(H3,19,20,21). The minimum atomic E-state index is 0.545. The highest BCUT2D eigenvalue weighted by Gasteiger charge is 2.22. The molecule has 0 bridgehead atoms. The van der Waals surface area contributed by atoms with Gasteiger partial charge in [0.2, 0.25) is 0 Å². The molecule has 1 aliphatic rings. The summed E-state index contributed by atoms with van der Waals surface area (Å²) in [5.41, 5.74) is 9.71. The van der Waals surface area contributed by atoms with Crippen molar-refractivity contribution in [3.05, 3.63) is 29.3 Å². The molecule has 1 unspecified atom stereocenters. The normalized spacial score (nSPS) is 19.1. The molecule has 23 heavy (non-hydrogen) atoms. The number of anilines is 1. The van der Waals surface area contributed by atoms with Gasteiger partial charge in [0.1, 0.15) is 0 Å². The average Bonchev–Trinajstić information content (AvgIpc) is 2.99. The average molecular weight is 317 g/mol. The summed E-state index contributed by atoms with van der Waals surface area (Å²) in [7, 11) is 4.11. The van der Waals surface area contributed by atoms with Gasteiger partial charge in [0.15, 0.2) is 5.96 Å². The summed E-state index contributed by atoms with van der Waals surface area (Å²) < 4.78 is 0. The number of hydrogen-bond acceptors (Lipinski definition) is 3. The summed E-state index contributed by atoms with van der Waals surface area (Å²) in [6.07, 6.45) is 2.54. The number of nitrogens with zero attached hydrogens (tertiary/aromatic N) is 3. The molecule has 5 heteroatoms. The number of nitrogens with two attached hydrogens (primary N) is 1. The number of hydrogen-bond donors (Lipinski definition) is 2. The fourth-order valence-corrected chi connectivity index (χ4v) is 3.13. The lowest BCUT2D eigenvalue weighted by Crippen LogP contribution is -2.42. The molecule has 0 spiro atoms. The Morgan fingerprint density at radius 3 is 2.87 bits per heavy atom. The fourth-order valence-electron chi connectivity index (χ4n) is 3.13. The second kappa shape index (κ2) is 8.20. The van der Waals surface area contributed by atoms with E-state index in [0.717, 1.165) is 13.1 Å². The number of aryl methyl sites for hydroxylation is 1. The summed E-state index contributed by atoms with van der Waals surface area (Å²) in [5.74, 6) is 0.545. The second-order valence-electron chi connectivity index (χ2n) is 6.51. The molecule has 1 heterocycles. The van der Waals surface area contributed by atoms with Gasteiger partial charge in [-0.25, -0.2) is 4.99 Å². The van der Waals surface area contributed by atoms with Crippen molar-refractivity contribution in [3.8, 4) is 0 Å². The predicted octanol–water partition coefficient (Wildman–Crippen LogP) is 1.95. The van der Waals surface area contributed by atoms with Crippen LogP contribution in [-0.4, -0.2) is 50.6 Å². The van der Waals surface area contributed by atoms with Crippen LogP contribution in [-0.2, 0) is 6.54 Å². The molecule has 5 nitrogen and oxygen atoms in total. The zero-order valence-corrected chi connectivity index (χ0v) is 15.0. The minimum Gasteiger partial charge on any atom is -0.378 e. The summed E-state index contributed by atoms with van der Waals surface area (Å²) in [4.78, 5) is 9.11. The van der Waals surface area contributed by atoms with Gasteiger partial charge in [0.25, 0.3) is 0 Å². The largest absolute Gasteiger partial charge is 0.378 e. The van der Waals surface area contributed by atoms with Gasteiger partial charge >= 0.3 is 0 Å². The van der Waals surface area contributed by atoms with Gasteiger partial charge in [0.05, 0.1) is 6.54 Å². The monoisotopic (exact) mass is 317 g/mol. The number of rotatable bonds is 6. The number of benzene rings is 1. The Balaban J connectivity index is 1.87. The van der Waals surface area contributed by atoms with Gasteiger partial charge in [-0.3, -0.25) is 4.90 Å². The second-order valence-corrected chi connectivity index (χ2v) is 6.51. The molecule has 1 saturated heterocycles. The van der Waals surface area contributed by atoms with E-state index in [0.29, 0.717) is 18.5 Å². The molecule has 0 aliphatic carbocycles. The van der Waals surface area contributed by atoms with Gasteiger partial charge in [-0.15, -0.1) is 0 Å². The Kier molecular flexibility index (Phi) is 6.28. The molecule has 0 saturated carbocycles. The third kappa shape index (κ3) is 4.86. The smallest absolute Gasteiger partial charge is 0.188 e. The summed E-state index contributed by atoms with van der Waals surface area (Å²) in [6, 6.07) is 7.04. The Morgan fingerprint density at radius 2 is 2.22 bits per heavy atom. The van der Waals surface area contributed by atoms with Crippen LogP contribution in [0.4, 0.5) is 5.69 Å². The highest BCUT2D eigenvalue weighted by atomic mass is 15.2. The molecule has 0 aromatic heterocycles. The van der Waals surface area contributed by atoms with E-state index < -0.39 is 0 Å². The highest BCUT2D eigenvalue weighted by molar-refractivity contribution is 5.77. The first-order valence-electron chi connectivity index (χ1n) is 8.56. The van der Waals surface area contributed by atoms with Crippen LogP contribution in [0.1, 0.15) is 30.9 Å². The first-order valence-corrected chi connectivity index (χ1v) is 8.56. The van der Waals surface area contributed by atoms with E-state index in [1.54, 1.807) is 0 Å². The van der Waals surface area contributed by atoms with E-state index in [1.807, 2.05) is 0 Å². The van der Waals surface area contributed by atoms with Crippen molar-refractivity contribution in [2.45, 2.75) is 39.3 Å². The molecule has 1 aliphatic heterocycles. The van der Waals surface area contributed by atoms with Crippen molar-refractivity contribution in [2.75, 3.05) is 38.6 Å². The van der Waals surface area contributed by atoms with Crippen molar-refractivity contribution in [1.29, 1.82) is 0 Å². The molecule has 1 aromatic carbocycles. The number of guanidine groups is 1. The maximum absolute atomic E-state index is 6.03. The van der Waals surface area contributed by atoms with Gasteiger partial charge < -0.3 is 16.0 Å². The van der Waals surface area contributed by atoms with Crippen LogP contribution >= 0.6 is 0 Å². The van der Waals surface area contributed by atoms with Crippen molar-refractivity contribution < 1.29 is 0 Å². The lowest BCUT2D eigenvalue weighted by molar-refractivity contribution is 0.267. The van der Waals surface area contributed by atoms with Gasteiger partial charge in [-0.1, -0.05) is 13.0 Å². The maximum Gasteiger partial charge on any atom is 0.188 e. The van der Waals surface area contributed by atoms with E-state index >= 15 is 0 Å². The lowest BCUT2D eigenvalue weighted by Gasteiger charge is -2.23. The SMILES string of the molecule is CCN1CCCC1CNC(N)=NCc1ccc(N(C)C)cc1C. The van der Waals surface area contributed by atoms with Crippen molar-refractivity contribution in [3.63, 3.8) is 0 Å². The third-order valence-electron chi connectivity index (χ3n) is 4.69. The number of nitrogens with one attached hydrogen (secondary N) is 1. The first kappa shape index (κ1) is 17.6. The Labute approximate surface area is 140 Å².